The summed E-state index contributed by atoms with van der Waals surface area (Å²) in [6.07, 6.45) is 1.94. The zero-order valence-corrected chi connectivity index (χ0v) is 36.9. The molecule has 6 heterocycles. The molecule has 2 aromatic carbocycles. The first-order chi connectivity index (χ1) is 31.0. The van der Waals surface area contributed by atoms with Gasteiger partial charge in [0.1, 0.15) is 41.0 Å². The van der Waals surface area contributed by atoms with E-state index in [0.717, 1.165) is 38.1 Å². The minimum Gasteiger partial charge on any atom is -0.490 e. The molecule has 0 aliphatic carbocycles. The number of rotatable bonds is 19. The van der Waals surface area contributed by atoms with E-state index in [1.807, 2.05) is 35.8 Å². The van der Waals surface area contributed by atoms with Crippen LogP contribution in [-0.2, 0) is 41.7 Å². The van der Waals surface area contributed by atoms with Crippen molar-refractivity contribution < 1.29 is 42.9 Å². The first-order valence-electron chi connectivity index (χ1n) is 20.7. The number of imide groups is 2. The number of fused-ring (bicyclic) bond motifs is 4. The minimum absolute atomic E-state index is 0.0371. The van der Waals surface area contributed by atoms with Gasteiger partial charge in [0.05, 0.1) is 75.6 Å². The highest BCUT2D eigenvalue weighted by Gasteiger charge is 2.46. The van der Waals surface area contributed by atoms with Crippen molar-refractivity contribution in [3.8, 4) is 10.8 Å². The van der Waals surface area contributed by atoms with Crippen LogP contribution in [-0.4, -0.2) is 122 Å². The molecule has 8 rings (SSSR count). The number of halogens is 1. The van der Waals surface area contributed by atoms with Gasteiger partial charge in [0.2, 0.25) is 17.7 Å². The summed E-state index contributed by atoms with van der Waals surface area (Å²) in [6.45, 7) is 8.56. The Hall–Kier alpha value is -6.19. The summed E-state index contributed by atoms with van der Waals surface area (Å²) in [5.74, 6) is -1.00. The van der Waals surface area contributed by atoms with Gasteiger partial charge in [0, 0.05) is 34.0 Å². The molecule has 1 saturated heterocycles. The lowest BCUT2D eigenvalue weighted by Crippen LogP contribution is -2.54. The van der Waals surface area contributed by atoms with Crippen LogP contribution in [0.15, 0.2) is 53.7 Å². The van der Waals surface area contributed by atoms with Crippen LogP contribution in [0.25, 0.3) is 5.00 Å². The van der Waals surface area contributed by atoms with Crippen molar-refractivity contribution in [2.75, 3.05) is 46.2 Å². The van der Waals surface area contributed by atoms with Gasteiger partial charge in [-0.25, -0.2) is 0 Å². The van der Waals surface area contributed by atoms with Crippen LogP contribution in [0.2, 0.25) is 5.02 Å². The SMILES string of the molecule is Cc1sc2c(c1C)C(c1ccc(Cl)cc1)=NC(CC(=O)NCCn1cc(COCCOCCOCCOc3cccc4c3C(=O)N(C3CCC(=O)NC3=O)C4=O)nn1)c1nnc(C)n1-2. The summed E-state index contributed by atoms with van der Waals surface area (Å²) >= 11 is 7.88. The molecule has 334 valence electrons. The molecule has 2 atom stereocenters. The molecular weight excluding hydrogens is 868 g/mol. The number of piperidine rings is 1. The number of nitrogens with one attached hydrogen (secondary N) is 2. The maximum atomic E-state index is 13.4. The minimum atomic E-state index is -1.06. The van der Waals surface area contributed by atoms with Crippen LogP contribution >= 0.6 is 22.9 Å². The second-order valence-corrected chi connectivity index (χ2v) is 16.8. The van der Waals surface area contributed by atoms with Gasteiger partial charge in [-0.2, -0.15) is 0 Å². The van der Waals surface area contributed by atoms with Crippen molar-refractivity contribution in [2.45, 2.75) is 65.3 Å². The van der Waals surface area contributed by atoms with Gasteiger partial charge in [-0.3, -0.25) is 48.4 Å². The zero-order chi connectivity index (χ0) is 44.9. The number of hydrogen-bond acceptors (Lipinski definition) is 15. The summed E-state index contributed by atoms with van der Waals surface area (Å²) in [5.41, 5.74) is 4.65. The fourth-order valence-corrected chi connectivity index (χ4v) is 8.98. The van der Waals surface area contributed by atoms with Crippen LogP contribution < -0.4 is 15.4 Å². The second kappa shape index (κ2) is 19.7. The molecular formula is C43H45ClN10O9S. The third kappa shape index (κ3) is 9.51. The van der Waals surface area contributed by atoms with E-state index in [-0.39, 0.29) is 68.5 Å². The van der Waals surface area contributed by atoms with Crippen molar-refractivity contribution in [2.24, 2.45) is 4.99 Å². The van der Waals surface area contributed by atoms with Gasteiger partial charge >= 0.3 is 0 Å². The Morgan fingerprint density at radius 3 is 2.42 bits per heavy atom. The normalized spacial score (nSPS) is 16.9. The van der Waals surface area contributed by atoms with E-state index < -0.39 is 35.7 Å². The number of carbonyl (C=O) groups excluding carboxylic acids is 5. The van der Waals surface area contributed by atoms with Crippen LogP contribution in [0.4, 0.5) is 0 Å². The monoisotopic (exact) mass is 912 g/mol. The number of aliphatic imine (C=N–C) groups is 1. The van der Waals surface area contributed by atoms with E-state index in [0.29, 0.717) is 49.5 Å². The molecule has 3 aromatic heterocycles. The molecule has 2 N–H and O–H groups in total. The third-order valence-electron chi connectivity index (χ3n) is 10.9. The molecule has 64 heavy (non-hydrogen) atoms. The fourth-order valence-electron chi connectivity index (χ4n) is 7.64. The van der Waals surface area contributed by atoms with Crippen molar-refractivity contribution >= 4 is 58.2 Å². The van der Waals surface area contributed by atoms with E-state index >= 15 is 0 Å². The van der Waals surface area contributed by atoms with Crippen molar-refractivity contribution in [3.63, 3.8) is 0 Å². The molecule has 0 bridgehead atoms. The summed E-state index contributed by atoms with van der Waals surface area (Å²) in [4.78, 5) is 70.7. The topological polar surface area (TPSA) is 223 Å². The highest BCUT2D eigenvalue weighted by atomic mass is 35.5. The summed E-state index contributed by atoms with van der Waals surface area (Å²) in [7, 11) is 0. The molecule has 0 saturated carbocycles. The molecule has 5 aromatic rings. The molecule has 3 aliphatic heterocycles. The summed E-state index contributed by atoms with van der Waals surface area (Å²) in [5, 5.41) is 23.9. The van der Waals surface area contributed by atoms with Gasteiger partial charge in [0.15, 0.2) is 5.82 Å². The number of hydrogen-bond donors (Lipinski definition) is 2. The first kappa shape index (κ1) is 44.4. The largest absolute Gasteiger partial charge is 0.490 e. The number of thiophene rings is 1. The van der Waals surface area contributed by atoms with Gasteiger partial charge in [-0.1, -0.05) is 35.0 Å². The third-order valence-corrected chi connectivity index (χ3v) is 12.3. The predicted octanol–water partition coefficient (Wildman–Crippen LogP) is 3.63. The molecule has 19 nitrogen and oxygen atoms in total. The van der Waals surface area contributed by atoms with Crippen molar-refractivity contribution in [1.29, 1.82) is 0 Å². The Labute approximate surface area is 376 Å². The zero-order valence-electron chi connectivity index (χ0n) is 35.3. The molecule has 5 amide bonds. The van der Waals surface area contributed by atoms with Crippen molar-refractivity contribution in [3.05, 3.63) is 104 Å². The molecule has 1 fully saturated rings. The van der Waals surface area contributed by atoms with Crippen LogP contribution in [0, 0.1) is 20.8 Å². The molecule has 0 spiro atoms. The van der Waals surface area contributed by atoms with Gasteiger partial charge in [0.25, 0.3) is 11.8 Å². The smallest absolute Gasteiger partial charge is 0.266 e. The van der Waals surface area contributed by atoms with Gasteiger partial charge < -0.3 is 24.3 Å². The standard InChI is InChI=1S/C43H45ClN10O9S/c1-24-25(2)64-43-36(24)38(27-7-9-28(44)10-8-27)46-31(39-50-48-26(3)53(39)43)21-35(56)45-13-14-52-22-29(49-51-52)23-62-18-17-60-15-16-61-19-20-63-33-6-4-5-30-37(33)42(59)54(41(30)58)32-11-12-34(55)47-40(32)57/h4-10,22,31-32H,11-21,23H2,1-3H3,(H,45,56)(H,47,55,57). The highest BCUT2D eigenvalue weighted by molar-refractivity contribution is 7.15. The number of ether oxygens (including phenoxy) is 4. The van der Waals surface area contributed by atoms with Crippen molar-refractivity contribution in [1.82, 2.24) is 45.3 Å². The fraction of sp³-hybridized carbons (Fsp3) is 0.395. The second-order valence-electron chi connectivity index (χ2n) is 15.2. The van der Waals surface area contributed by atoms with E-state index in [4.69, 9.17) is 35.5 Å². The predicted molar refractivity (Wildman–Crippen MR) is 231 cm³/mol. The summed E-state index contributed by atoms with van der Waals surface area (Å²) in [6, 6.07) is 10.6. The van der Waals surface area contributed by atoms with Crippen LogP contribution in [0.5, 0.6) is 5.75 Å². The number of aromatic nitrogens is 6. The Morgan fingerprint density at radius 1 is 0.906 bits per heavy atom. The van der Waals surface area contributed by atoms with Gasteiger partial charge in [-0.15, -0.1) is 26.6 Å². The average molecular weight is 913 g/mol. The Bertz CT molecular complexity index is 2620. The number of amides is 5. The van der Waals surface area contributed by atoms with E-state index in [9.17, 15) is 24.0 Å². The average Bonchev–Trinajstić information content (AvgIpc) is 4.01. The lowest BCUT2D eigenvalue weighted by molar-refractivity contribution is -0.136. The Balaban J connectivity index is 0.720. The van der Waals surface area contributed by atoms with E-state index in [1.54, 1.807) is 34.3 Å². The number of carbonyl (C=O) groups is 5. The maximum Gasteiger partial charge on any atom is 0.266 e. The molecule has 0 radical (unpaired) electrons. The molecule has 21 heteroatoms. The number of nitrogens with zero attached hydrogens (tertiary/aromatic N) is 8. The highest BCUT2D eigenvalue weighted by Crippen LogP contribution is 2.40. The number of benzene rings is 2. The molecule has 3 aliphatic rings. The maximum absolute atomic E-state index is 13.4. The van der Waals surface area contributed by atoms with Crippen LogP contribution in [0.3, 0.4) is 0 Å². The molecule has 2 unspecified atom stereocenters. The lowest BCUT2D eigenvalue weighted by Gasteiger charge is -2.27. The van der Waals surface area contributed by atoms with Gasteiger partial charge in [-0.05, 0) is 57.0 Å². The van der Waals surface area contributed by atoms with E-state index in [1.165, 1.54) is 10.9 Å². The Morgan fingerprint density at radius 2 is 1.66 bits per heavy atom. The number of aryl methyl sites for hydroxylation is 2. The lowest BCUT2D eigenvalue weighted by atomic mass is 9.99. The van der Waals surface area contributed by atoms with Crippen LogP contribution in [0.1, 0.15) is 84.9 Å². The Kier molecular flexibility index (Phi) is 13.7. The van der Waals surface area contributed by atoms with E-state index in [2.05, 4.69) is 45.0 Å². The summed E-state index contributed by atoms with van der Waals surface area (Å²) < 4.78 is 26.3. The quantitative estimate of drug-likeness (QED) is 0.0894. The first-order valence-corrected chi connectivity index (χ1v) is 21.9.